The van der Waals surface area contributed by atoms with Gasteiger partial charge in [-0.2, -0.15) is 14.1 Å². The van der Waals surface area contributed by atoms with Crippen LogP contribution in [0.4, 0.5) is 0 Å². The molecule has 0 saturated carbocycles. The van der Waals surface area contributed by atoms with E-state index in [1.165, 1.54) is 0 Å². The van der Waals surface area contributed by atoms with E-state index in [2.05, 4.69) is 24.2 Å². The molecule has 0 aliphatic heterocycles. The summed E-state index contributed by atoms with van der Waals surface area (Å²) in [5.41, 5.74) is 0. The third-order valence-electron chi connectivity index (χ3n) is 1.54. The van der Waals surface area contributed by atoms with Crippen molar-refractivity contribution >= 4 is 13.6 Å². The van der Waals surface area contributed by atoms with Crippen molar-refractivity contribution in [3.63, 3.8) is 0 Å². The fraction of sp³-hybridized carbons (Fsp3) is 0.833. The molecule has 0 amide bonds. The van der Waals surface area contributed by atoms with Crippen LogP contribution in [0.15, 0.2) is 0 Å². The molecule has 2 atom stereocenters. The Morgan fingerprint density at radius 2 is 1.05 bits per heavy atom. The fourth-order valence-corrected chi connectivity index (χ4v) is 0.632. The maximum atomic E-state index is 8.62. The van der Waals surface area contributed by atoms with Crippen LogP contribution >= 0.6 is 0 Å². The van der Waals surface area contributed by atoms with Crippen LogP contribution in [0.3, 0.4) is 0 Å². The maximum Gasteiger partial charge on any atom is 0.0495 e. The number of aliphatic hydroxyl groups excluding tert-OH is 2. The summed E-state index contributed by atoms with van der Waals surface area (Å²) in [6.07, 6.45) is 1.19. The van der Waals surface area contributed by atoms with E-state index in [1.807, 2.05) is 0 Å². The first-order valence-corrected chi connectivity index (χ1v) is 5.49. The molecule has 2 unspecified atom stereocenters. The molecule has 0 aromatic heterocycles. The molecule has 7 heteroatoms. The Balaban J connectivity index is -0.0000000522. The third kappa shape index (κ3) is 73.7. The first-order chi connectivity index (χ1) is 8.54. The molecule has 0 heterocycles. The van der Waals surface area contributed by atoms with E-state index < -0.39 is 0 Å². The second-order valence-corrected chi connectivity index (χ2v) is 3.36. The number of hydrogen-bond acceptors (Lipinski definition) is 4. The van der Waals surface area contributed by atoms with Gasteiger partial charge in [0.25, 0.3) is 0 Å². The van der Waals surface area contributed by atoms with Crippen molar-refractivity contribution in [1.82, 2.24) is 0 Å². The van der Waals surface area contributed by atoms with Crippen LogP contribution in [0, 0.1) is 0 Å². The summed E-state index contributed by atoms with van der Waals surface area (Å²) in [7, 11) is 3.50. The Morgan fingerprint density at radius 3 is 1.11 bits per heavy atom. The number of nitrogens with zero attached hydrogens (tertiary/aromatic N) is 2. The zero-order valence-corrected chi connectivity index (χ0v) is 13.1. The normalized spacial score (nSPS) is 10.8. The van der Waals surface area contributed by atoms with Crippen molar-refractivity contribution in [3.8, 4) is 0 Å². The van der Waals surface area contributed by atoms with Gasteiger partial charge in [-0.15, -0.1) is 13.1 Å². The first kappa shape index (κ1) is 31.2. The van der Waals surface area contributed by atoms with Crippen molar-refractivity contribution in [2.45, 2.75) is 38.9 Å². The van der Waals surface area contributed by atoms with E-state index >= 15 is 0 Å². The maximum absolute atomic E-state index is 8.62. The Hall–Kier alpha value is -0.314. The topological polar surface area (TPSA) is 103 Å². The molecule has 6 nitrogen and oxygen atoms in total. The molecule has 0 aromatic rings. The van der Waals surface area contributed by atoms with Crippen LogP contribution in [-0.4, -0.2) is 63.2 Å². The quantitative estimate of drug-likeness (QED) is 0.562. The Kier molecular flexibility index (Phi) is 59.2. The summed E-state index contributed by atoms with van der Waals surface area (Å²) >= 11 is 0. The molecule has 0 bridgehead atoms. The number of hydrogen-bond donors (Lipinski definition) is 2. The molecule has 0 aliphatic carbocycles. The number of aliphatic hydroxyl groups is 2. The van der Waals surface area contributed by atoms with Crippen molar-refractivity contribution < 1.29 is 36.6 Å². The summed E-state index contributed by atoms with van der Waals surface area (Å²) < 4.78 is 0. The molecule has 0 rings (SSSR count). The van der Waals surface area contributed by atoms with Gasteiger partial charge in [-0.3, -0.25) is 13.6 Å². The van der Waals surface area contributed by atoms with E-state index in [-0.39, 0.29) is 29.0 Å². The van der Waals surface area contributed by atoms with Gasteiger partial charge in [0.1, 0.15) is 0 Å². The average molecular weight is 321 g/mol. The van der Waals surface area contributed by atoms with Gasteiger partial charge in [0.15, 0.2) is 0 Å². The van der Waals surface area contributed by atoms with Gasteiger partial charge >= 0.3 is 0 Å². The molecular weight excluding hydrogens is 295 g/mol. The van der Waals surface area contributed by atoms with Crippen LogP contribution in [0.2, 0.25) is 0 Å². The van der Waals surface area contributed by atoms with E-state index in [1.54, 1.807) is 27.9 Å². The van der Waals surface area contributed by atoms with Gasteiger partial charge in [0, 0.05) is 29.0 Å². The fourth-order valence-electron chi connectivity index (χ4n) is 0.632. The Labute approximate surface area is 127 Å². The molecule has 0 fully saturated rings. The Bertz CT molecular complexity index is 116. The molecule has 0 aliphatic rings. The van der Waals surface area contributed by atoms with Crippen molar-refractivity contribution in [2.75, 3.05) is 27.2 Å². The summed E-state index contributed by atoms with van der Waals surface area (Å²) in [6, 6.07) is 0. The molecule has 0 saturated heterocycles. The molecule has 0 spiro atoms. The van der Waals surface area contributed by atoms with E-state index in [0.29, 0.717) is 0 Å². The van der Waals surface area contributed by atoms with Gasteiger partial charge in [0.05, 0.1) is 0 Å². The average Bonchev–Trinajstić information content (AvgIpc) is 2.39. The molecule has 0 aromatic carbocycles. The monoisotopic (exact) mass is 321 g/mol. The second kappa shape index (κ2) is 36.1. The minimum atomic E-state index is -0.191. The van der Waals surface area contributed by atoms with Crippen LogP contribution < -0.4 is 0 Å². The predicted octanol–water partition coefficient (Wildman–Crippen LogP) is 0.971. The van der Waals surface area contributed by atoms with E-state index in [9.17, 15) is 0 Å². The molecule has 121 valence electrons. The van der Waals surface area contributed by atoms with Gasteiger partial charge in [-0.05, 0) is 26.7 Å². The van der Waals surface area contributed by atoms with Crippen LogP contribution in [0.1, 0.15) is 26.7 Å². The van der Waals surface area contributed by atoms with Crippen molar-refractivity contribution in [1.29, 1.82) is 0 Å². The minimum absolute atomic E-state index is 0. The smallest absolute Gasteiger partial charge is 0.0495 e. The van der Waals surface area contributed by atoms with Gasteiger partial charge in [0.2, 0.25) is 0 Å². The van der Waals surface area contributed by atoms with Crippen LogP contribution in [-0.2, 0) is 26.4 Å². The molecule has 2 N–H and O–H groups in total. The van der Waals surface area contributed by atoms with Gasteiger partial charge in [-0.1, -0.05) is 0 Å². The van der Waals surface area contributed by atoms with Crippen molar-refractivity contribution in [2.24, 2.45) is 0 Å². The van der Waals surface area contributed by atoms with Gasteiger partial charge < -0.3 is 30.4 Å². The summed E-state index contributed by atoms with van der Waals surface area (Å²) in [4.78, 5) is 15.5. The zero-order chi connectivity index (χ0) is 15.4. The summed E-state index contributed by atoms with van der Waals surface area (Å²) in [5, 5.41) is 24.9. The predicted molar refractivity (Wildman–Crippen MR) is 74.4 cm³/mol. The SMILES string of the molecule is C[N-]CCC(C)O.C[N-]CCC(C)O.[CH-]=O.[CH-]=O.[Co]. The largest absolute Gasteiger partial charge is 0.665 e. The molecule has 19 heavy (non-hydrogen) atoms. The number of rotatable bonds is 6. The van der Waals surface area contributed by atoms with E-state index in [0.717, 1.165) is 25.9 Å². The molecular formula is C12H26CoN2O4-4. The second-order valence-electron chi connectivity index (χ2n) is 3.36. The van der Waals surface area contributed by atoms with Crippen LogP contribution in [0.5, 0.6) is 0 Å². The number of carbonyl (C=O) groups excluding carboxylic acids is 2. The Morgan fingerprint density at radius 1 is 0.842 bits per heavy atom. The van der Waals surface area contributed by atoms with E-state index in [4.69, 9.17) is 19.8 Å². The first-order valence-electron chi connectivity index (χ1n) is 5.49. The van der Waals surface area contributed by atoms with Crippen LogP contribution in [0.25, 0.3) is 10.6 Å². The van der Waals surface area contributed by atoms with Gasteiger partial charge in [-0.25, -0.2) is 0 Å². The standard InChI is InChI=1S/2C5H12NO.2CHO.Co/c2*1-5(7)3-4-6-2;2*1-2;/h2*5,7H,3-4H2,1-2H3;2*1H;/q4*-1;. The summed E-state index contributed by atoms with van der Waals surface area (Å²) in [5.74, 6) is 0. The zero-order valence-electron chi connectivity index (χ0n) is 12.1. The molecule has 1 radical (unpaired) electrons. The summed E-state index contributed by atoms with van der Waals surface area (Å²) in [6.45, 7) is 11.6. The third-order valence-corrected chi connectivity index (χ3v) is 1.54. The minimum Gasteiger partial charge on any atom is -0.665 e. The van der Waals surface area contributed by atoms with Crippen molar-refractivity contribution in [3.05, 3.63) is 10.6 Å².